The number of aromatic nitrogens is 1. The predicted molar refractivity (Wildman–Crippen MR) is 90.5 cm³/mol. The van der Waals surface area contributed by atoms with Crippen LogP contribution in [0.1, 0.15) is 11.7 Å². The van der Waals surface area contributed by atoms with Crippen molar-refractivity contribution in [2.24, 2.45) is 5.73 Å². The third-order valence-electron chi connectivity index (χ3n) is 3.50. The predicted octanol–water partition coefficient (Wildman–Crippen LogP) is 3.62. The van der Waals surface area contributed by atoms with Gasteiger partial charge < -0.3 is 16.2 Å². The summed E-state index contributed by atoms with van der Waals surface area (Å²) in [6.45, 7) is 0.211. The third-order valence-corrected chi connectivity index (χ3v) is 3.74. The van der Waals surface area contributed by atoms with Crippen LogP contribution in [-0.4, -0.2) is 16.6 Å². The molecule has 1 aromatic heterocycles. The van der Waals surface area contributed by atoms with E-state index in [4.69, 9.17) is 17.3 Å². The van der Waals surface area contributed by atoms with Crippen LogP contribution in [0.25, 0.3) is 10.9 Å². The molecule has 5 heteroatoms. The van der Waals surface area contributed by atoms with Crippen molar-refractivity contribution in [2.45, 2.75) is 6.10 Å². The number of aliphatic hydroxyl groups excluding tert-OH is 1. The molecule has 0 aliphatic carbocycles. The normalized spacial score (nSPS) is 12.3. The van der Waals surface area contributed by atoms with Gasteiger partial charge >= 0.3 is 0 Å². The fourth-order valence-corrected chi connectivity index (χ4v) is 2.48. The van der Waals surface area contributed by atoms with Gasteiger partial charge in [-0.05, 0) is 42.0 Å². The Hall–Kier alpha value is -2.14. The molecule has 22 heavy (non-hydrogen) atoms. The Morgan fingerprint density at radius 1 is 1.14 bits per heavy atom. The van der Waals surface area contributed by atoms with E-state index in [-0.39, 0.29) is 6.54 Å². The first kappa shape index (κ1) is 14.8. The summed E-state index contributed by atoms with van der Waals surface area (Å²) in [7, 11) is 0. The van der Waals surface area contributed by atoms with E-state index in [0.29, 0.717) is 5.02 Å². The number of rotatable bonds is 4. The van der Waals surface area contributed by atoms with Crippen molar-refractivity contribution in [2.75, 3.05) is 11.9 Å². The number of anilines is 2. The highest BCUT2D eigenvalue weighted by Gasteiger charge is 2.06. The van der Waals surface area contributed by atoms with Crippen molar-refractivity contribution in [3.8, 4) is 0 Å². The highest BCUT2D eigenvalue weighted by molar-refractivity contribution is 6.31. The average molecular weight is 314 g/mol. The molecule has 1 heterocycles. The summed E-state index contributed by atoms with van der Waals surface area (Å²) in [5.74, 6) is 0. The van der Waals surface area contributed by atoms with Crippen LogP contribution >= 0.6 is 11.6 Å². The van der Waals surface area contributed by atoms with E-state index in [9.17, 15) is 5.11 Å². The number of hydrogen-bond donors (Lipinski definition) is 3. The van der Waals surface area contributed by atoms with Gasteiger partial charge in [-0.1, -0.05) is 23.7 Å². The first-order valence-electron chi connectivity index (χ1n) is 6.97. The van der Waals surface area contributed by atoms with Gasteiger partial charge in [0, 0.05) is 34.5 Å². The molecule has 0 spiro atoms. The summed E-state index contributed by atoms with van der Waals surface area (Å²) in [5.41, 5.74) is 8.98. The largest absolute Gasteiger partial charge is 0.387 e. The molecule has 0 unspecified atom stereocenters. The zero-order valence-corrected chi connectivity index (χ0v) is 12.6. The van der Waals surface area contributed by atoms with Gasteiger partial charge in [-0.3, -0.25) is 4.98 Å². The molecule has 4 N–H and O–H groups in total. The SMILES string of the molecule is NC[C@@H](O)c1ccc(Nc2ccnc3cc(Cl)ccc23)cc1. The fraction of sp³-hybridized carbons (Fsp3) is 0.118. The molecule has 3 aromatic rings. The minimum absolute atomic E-state index is 0.211. The highest BCUT2D eigenvalue weighted by Crippen LogP contribution is 2.27. The number of nitrogens with zero attached hydrogens (tertiary/aromatic N) is 1. The molecule has 0 aliphatic heterocycles. The van der Waals surface area contributed by atoms with E-state index in [0.717, 1.165) is 27.8 Å². The van der Waals surface area contributed by atoms with E-state index in [2.05, 4.69) is 10.3 Å². The number of halogens is 1. The molecule has 0 radical (unpaired) electrons. The highest BCUT2D eigenvalue weighted by atomic mass is 35.5. The maximum absolute atomic E-state index is 9.71. The smallest absolute Gasteiger partial charge is 0.0912 e. The summed E-state index contributed by atoms with van der Waals surface area (Å²) in [4.78, 5) is 4.32. The number of aliphatic hydroxyl groups is 1. The Balaban J connectivity index is 1.90. The minimum atomic E-state index is -0.627. The lowest BCUT2D eigenvalue weighted by Gasteiger charge is -2.12. The maximum atomic E-state index is 9.71. The van der Waals surface area contributed by atoms with Gasteiger partial charge in [0.25, 0.3) is 0 Å². The van der Waals surface area contributed by atoms with Crippen LogP contribution in [0.2, 0.25) is 5.02 Å². The molecule has 3 rings (SSSR count). The summed E-state index contributed by atoms with van der Waals surface area (Å²) >= 11 is 6.00. The number of benzene rings is 2. The summed E-state index contributed by atoms with van der Waals surface area (Å²) < 4.78 is 0. The quantitative estimate of drug-likeness (QED) is 0.688. The van der Waals surface area contributed by atoms with Crippen molar-refractivity contribution >= 4 is 33.9 Å². The number of pyridine rings is 1. The van der Waals surface area contributed by atoms with Crippen LogP contribution in [-0.2, 0) is 0 Å². The molecule has 0 amide bonds. The van der Waals surface area contributed by atoms with Crippen LogP contribution in [0.3, 0.4) is 0 Å². The van der Waals surface area contributed by atoms with Crippen molar-refractivity contribution in [1.29, 1.82) is 0 Å². The summed E-state index contributed by atoms with van der Waals surface area (Å²) in [6.07, 6.45) is 1.12. The van der Waals surface area contributed by atoms with Crippen molar-refractivity contribution < 1.29 is 5.11 Å². The van der Waals surface area contributed by atoms with Gasteiger partial charge in [-0.15, -0.1) is 0 Å². The first-order chi connectivity index (χ1) is 10.7. The Morgan fingerprint density at radius 3 is 2.64 bits per heavy atom. The zero-order valence-electron chi connectivity index (χ0n) is 11.8. The molecule has 0 bridgehead atoms. The average Bonchev–Trinajstić information content (AvgIpc) is 2.55. The molecular formula is C17H16ClN3O. The summed E-state index contributed by atoms with van der Waals surface area (Å²) in [6, 6.07) is 15.1. The van der Waals surface area contributed by atoms with E-state index in [1.165, 1.54) is 0 Å². The molecule has 0 saturated heterocycles. The van der Waals surface area contributed by atoms with Gasteiger partial charge in [0.05, 0.1) is 11.6 Å². The molecular weight excluding hydrogens is 298 g/mol. The molecule has 112 valence electrons. The lowest BCUT2D eigenvalue weighted by Crippen LogP contribution is -2.11. The van der Waals surface area contributed by atoms with Crippen LogP contribution in [0.5, 0.6) is 0 Å². The molecule has 0 aliphatic rings. The summed E-state index contributed by atoms with van der Waals surface area (Å²) in [5, 5.41) is 14.7. The number of nitrogens with two attached hydrogens (primary N) is 1. The van der Waals surface area contributed by atoms with Crippen LogP contribution in [0.15, 0.2) is 54.7 Å². The van der Waals surface area contributed by atoms with Crippen LogP contribution in [0, 0.1) is 0 Å². The van der Waals surface area contributed by atoms with Gasteiger partial charge in [0.2, 0.25) is 0 Å². The Morgan fingerprint density at radius 2 is 1.91 bits per heavy atom. The molecule has 1 atom stereocenters. The van der Waals surface area contributed by atoms with Gasteiger partial charge in [-0.25, -0.2) is 0 Å². The number of hydrogen-bond acceptors (Lipinski definition) is 4. The van der Waals surface area contributed by atoms with Gasteiger partial charge in [0.15, 0.2) is 0 Å². The maximum Gasteiger partial charge on any atom is 0.0912 e. The number of fused-ring (bicyclic) bond motifs is 1. The molecule has 0 fully saturated rings. The Kier molecular flexibility index (Phi) is 4.24. The monoisotopic (exact) mass is 313 g/mol. The zero-order chi connectivity index (χ0) is 15.5. The van der Waals surface area contributed by atoms with Crippen LogP contribution < -0.4 is 11.1 Å². The van der Waals surface area contributed by atoms with E-state index < -0.39 is 6.10 Å². The van der Waals surface area contributed by atoms with E-state index >= 15 is 0 Å². The van der Waals surface area contributed by atoms with Crippen LogP contribution in [0.4, 0.5) is 11.4 Å². The third kappa shape index (κ3) is 3.04. The van der Waals surface area contributed by atoms with Crippen molar-refractivity contribution in [3.05, 3.63) is 65.3 Å². The second kappa shape index (κ2) is 6.32. The topological polar surface area (TPSA) is 71.2 Å². The molecule has 4 nitrogen and oxygen atoms in total. The standard InChI is InChI=1S/C17H16ClN3O/c18-12-3-6-14-15(7-8-20-16(14)9-12)21-13-4-1-11(2-5-13)17(22)10-19/h1-9,17,22H,10,19H2,(H,20,21)/t17-/m1/s1. The van der Waals surface area contributed by atoms with E-state index in [1.807, 2.05) is 48.5 Å². The minimum Gasteiger partial charge on any atom is -0.387 e. The number of nitrogens with one attached hydrogen (secondary N) is 1. The fourth-order valence-electron chi connectivity index (χ4n) is 2.31. The molecule has 0 saturated carbocycles. The van der Waals surface area contributed by atoms with Gasteiger partial charge in [-0.2, -0.15) is 0 Å². The lowest BCUT2D eigenvalue weighted by molar-refractivity contribution is 0.187. The molecule has 2 aromatic carbocycles. The van der Waals surface area contributed by atoms with Gasteiger partial charge in [0.1, 0.15) is 0 Å². The van der Waals surface area contributed by atoms with E-state index in [1.54, 1.807) is 6.20 Å². The second-order valence-electron chi connectivity index (χ2n) is 5.02. The first-order valence-corrected chi connectivity index (χ1v) is 7.34. The van der Waals surface area contributed by atoms with Crippen molar-refractivity contribution in [1.82, 2.24) is 4.98 Å². The Labute approximate surface area is 133 Å². The second-order valence-corrected chi connectivity index (χ2v) is 5.45. The van der Waals surface area contributed by atoms with Crippen molar-refractivity contribution in [3.63, 3.8) is 0 Å². The Bertz CT molecular complexity index is 790. The lowest BCUT2D eigenvalue weighted by atomic mass is 10.1.